The summed E-state index contributed by atoms with van der Waals surface area (Å²) in [6, 6.07) is 7.65. The second-order valence-electron chi connectivity index (χ2n) is 6.42. The molecule has 150 valence electrons. The van der Waals surface area contributed by atoms with E-state index in [9.17, 15) is 14.0 Å². The molecule has 28 heavy (non-hydrogen) atoms. The summed E-state index contributed by atoms with van der Waals surface area (Å²) in [6.07, 6.45) is 1.47. The second-order valence-corrected chi connectivity index (χ2v) is 6.42. The van der Waals surface area contributed by atoms with Crippen molar-refractivity contribution < 1.29 is 23.5 Å². The van der Waals surface area contributed by atoms with Crippen LogP contribution >= 0.6 is 0 Å². The fraction of sp³-hybridized carbons (Fsp3) is 0.350. The molecule has 0 saturated heterocycles. The fourth-order valence-electron chi connectivity index (χ4n) is 2.35. The molecule has 0 saturated carbocycles. The zero-order chi connectivity index (χ0) is 20.5. The highest BCUT2D eigenvalue weighted by Gasteiger charge is 2.25. The summed E-state index contributed by atoms with van der Waals surface area (Å²) in [6.45, 7) is 4.46. The molecule has 1 aromatic heterocycles. The van der Waals surface area contributed by atoms with Gasteiger partial charge in [-0.05, 0) is 36.2 Å². The van der Waals surface area contributed by atoms with Crippen molar-refractivity contribution in [3.05, 3.63) is 54.0 Å². The maximum Gasteiger partial charge on any atom is 0.251 e. The van der Waals surface area contributed by atoms with E-state index in [1.165, 1.54) is 30.5 Å². The van der Waals surface area contributed by atoms with Crippen LogP contribution in [0.3, 0.4) is 0 Å². The zero-order valence-electron chi connectivity index (χ0n) is 16.1. The molecular formula is C20H24FN3O4. The predicted octanol–water partition coefficient (Wildman–Crippen LogP) is 2.64. The quantitative estimate of drug-likeness (QED) is 0.644. The number of pyridine rings is 1. The third-order valence-corrected chi connectivity index (χ3v) is 3.88. The smallest absolute Gasteiger partial charge is 0.251 e. The molecule has 0 spiro atoms. The van der Waals surface area contributed by atoms with Crippen molar-refractivity contribution in [1.82, 2.24) is 10.3 Å². The van der Waals surface area contributed by atoms with Crippen molar-refractivity contribution in [2.45, 2.75) is 19.9 Å². The van der Waals surface area contributed by atoms with Gasteiger partial charge in [0, 0.05) is 18.7 Å². The van der Waals surface area contributed by atoms with Gasteiger partial charge < -0.3 is 20.1 Å². The van der Waals surface area contributed by atoms with Crippen molar-refractivity contribution in [2.24, 2.45) is 5.92 Å². The highest BCUT2D eigenvalue weighted by molar-refractivity contribution is 6.01. The van der Waals surface area contributed by atoms with E-state index < -0.39 is 17.8 Å². The Labute approximate surface area is 163 Å². The first-order chi connectivity index (χ1) is 13.4. The molecule has 1 aromatic carbocycles. The Morgan fingerprint density at radius 2 is 1.82 bits per heavy atom. The summed E-state index contributed by atoms with van der Waals surface area (Å²) in [5.74, 6) is -1.000. The van der Waals surface area contributed by atoms with Gasteiger partial charge in [-0.2, -0.15) is 0 Å². The van der Waals surface area contributed by atoms with E-state index in [0.29, 0.717) is 24.8 Å². The molecule has 1 atom stereocenters. The van der Waals surface area contributed by atoms with Crippen molar-refractivity contribution in [3.63, 3.8) is 0 Å². The van der Waals surface area contributed by atoms with Crippen molar-refractivity contribution in [3.8, 4) is 5.88 Å². The lowest BCUT2D eigenvalue weighted by Crippen LogP contribution is -2.47. The number of amides is 2. The van der Waals surface area contributed by atoms with Crippen LogP contribution in [0.1, 0.15) is 24.2 Å². The van der Waals surface area contributed by atoms with Crippen molar-refractivity contribution in [2.75, 3.05) is 25.6 Å². The first-order valence-corrected chi connectivity index (χ1v) is 8.85. The SMILES string of the molecule is COCCOc1ccc(NC(=O)C(NC(=O)c2ccc(F)cc2)C(C)C)cn1. The number of hydrogen-bond acceptors (Lipinski definition) is 5. The van der Waals surface area contributed by atoms with Gasteiger partial charge in [0.1, 0.15) is 18.5 Å². The number of rotatable bonds is 9. The van der Waals surface area contributed by atoms with Gasteiger partial charge in [-0.15, -0.1) is 0 Å². The Balaban J connectivity index is 1.98. The van der Waals surface area contributed by atoms with Crippen LogP contribution in [-0.4, -0.2) is 43.2 Å². The minimum Gasteiger partial charge on any atom is -0.475 e. The number of anilines is 1. The van der Waals surface area contributed by atoms with Crippen LogP contribution in [0, 0.1) is 11.7 Å². The zero-order valence-corrected chi connectivity index (χ0v) is 16.1. The molecule has 0 aliphatic heterocycles. The Hall–Kier alpha value is -3.00. The highest BCUT2D eigenvalue weighted by Crippen LogP contribution is 2.14. The summed E-state index contributed by atoms with van der Waals surface area (Å²) >= 11 is 0. The van der Waals surface area contributed by atoms with E-state index in [-0.39, 0.29) is 17.4 Å². The lowest BCUT2D eigenvalue weighted by atomic mass is 10.0. The number of halogens is 1. The summed E-state index contributed by atoms with van der Waals surface area (Å²) in [5, 5.41) is 5.41. The largest absolute Gasteiger partial charge is 0.475 e. The minimum atomic E-state index is -0.768. The molecule has 2 aromatic rings. The molecule has 0 radical (unpaired) electrons. The molecule has 8 heteroatoms. The van der Waals surface area contributed by atoms with E-state index in [2.05, 4.69) is 15.6 Å². The van der Waals surface area contributed by atoms with Crippen LogP contribution in [0.15, 0.2) is 42.6 Å². The van der Waals surface area contributed by atoms with Crippen LogP contribution in [0.25, 0.3) is 0 Å². The van der Waals surface area contributed by atoms with Crippen LogP contribution in [-0.2, 0) is 9.53 Å². The maximum absolute atomic E-state index is 13.0. The van der Waals surface area contributed by atoms with Crippen molar-refractivity contribution >= 4 is 17.5 Å². The number of benzene rings is 1. The van der Waals surface area contributed by atoms with Gasteiger partial charge in [0.05, 0.1) is 18.5 Å². The average Bonchev–Trinajstić information content (AvgIpc) is 2.67. The monoisotopic (exact) mass is 389 g/mol. The van der Waals surface area contributed by atoms with E-state index in [4.69, 9.17) is 9.47 Å². The van der Waals surface area contributed by atoms with Gasteiger partial charge in [0.25, 0.3) is 5.91 Å². The van der Waals surface area contributed by atoms with Gasteiger partial charge >= 0.3 is 0 Å². The number of aromatic nitrogens is 1. The molecule has 1 heterocycles. The summed E-state index contributed by atoms with van der Waals surface area (Å²) in [5.41, 5.74) is 0.754. The number of nitrogens with one attached hydrogen (secondary N) is 2. The molecule has 2 N–H and O–H groups in total. The molecular weight excluding hydrogens is 365 g/mol. The lowest BCUT2D eigenvalue weighted by Gasteiger charge is -2.21. The first-order valence-electron chi connectivity index (χ1n) is 8.85. The topological polar surface area (TPSA) is 89.5 Å². The molecule has 7 nitrogen and oxygen atoms in total. The van der Waals surface area contributed by atoms with Crippen molar-refractivity contribution in [1.29, 1.82) is 0 Å². The van der Waals surface area contributed by atoms with E-state index in [1.54, 1.807) is 19.2 Å². The number of carbonyl (C=O) groups excluding carboxylic acids is 2. The highest BCUT2D eigenvalue weighted by atomic mass is 19.1. The van der Waals surface area contributed by atoms with Gasteiger partial charge in [0.2, 0.25) is 11.8 Å². The van der Waals surface area contributed by atoms with E-state index in [1.807, 2.05) is 13.8 Å². The first kappa shape index (κ1) is 21.3. The number of carbonyl (C=O) groups is 2. The van der Waals surface area contributed by atoms with E-state index in [0.717, 1.165) is 0 Å². The number of methoxy groups -OCH3 is 1. The molecule has 1 unspecified atom stereocenters. The Morgan fingerprint density at radius 1 is 1.11 bits per heavy atom. The average molecular weight is 389 g/mol. The molecule has 0 bridgehead atoms. The maximum atomic E-state index is 13.0. The van der Waals surface area contributed by atoms with Crippen LogP contribution < -0.4 is 15.4 Å². The van der Waals surface area contributed by atoms with Gasteiger partial charge in [-0.1, -0.05) is 13.8 Å². The molecule has 2 rings (SSSR count). The van der Waals surface area contributed by atoms with Gasteiger partial charge in [-0.25, -0.2) is 9.37 Å². The third-order valence-electron chi connectivity index (χ3n) is 3.88. The summed E-state index contributed by atoms with van der Waals surface area (Å²) < 4.78 is 23.3. The predicted molar refractivity (Wildman–Crippen MR) is 103 cm³/mol. The minimum absolute atomic E-state index is 0.158. The van der Waals surface area contributed by atoms with Crippen LogP contribution in [0.2, 0.25) is 0 Å². The molecule has 2 amide bonds. The van der Waals surface area contributed by atoms with Gasteiger partial charge in [-0.3, -0.25) is 9.59 Å². The number of hydrogen-bond donors (Lipinski definition) is 2. The molecule has 0 aliphatic carbocycles. The normalized spacial score (nSPS) is 11.8. The lowest BCUT2D eigenvalue weighted by molar-refractivity contribution is -0.118. The Morgan fingerprint density at radius 3 is 2.39 bits per heavy atom. The number of nitrogens with zero attached hydrogens (tertiary/aromatic N) is 1. The summed E-state index contributed by atoms with van der Waals surface area (Å²) in [7, 11) is 1.58. The standard InChI is InChI=1S/C20H24FN3O4/c1-13(2)18(24-19(25)14-4-6-15(21)7-5-14)20(26)23-16-8-9-17(22-12-16)28-11-10-27-3/h4-9,12-13,18H,10-11H2,1-3H3,(H,23,26)(H,24,25). The molecule has 0 aliphatic rings. The van der Waals surface area contributed by atoms with Crippen LogP contribution in [0.4, 0.5) is 10.1 Å². The van der Waals surface area contributed by atoms with Crippen LogP contribution in [0.5, 0.6) is 5.88 Å². The second kappa shape index (κ2) is 10.4. The van der Waals surface area contributed by atoms with Gasteiger partial charge in [0.15, 0.2) is 0 Å². The fourth-order valence-corrected chi connectivity index (χ4v) is 2.35. The Kier molecular flexibility index (Phi) is 7.88. The van der Waals surface area contributed by atoms with E-state index >= 15 is 0 Å². The molecule has 0 fully saturated rings. The summed E-state index contributed by atoms with van der Waals surface area (Å²) in [4.78, 5) is 29.1. The Bertz CT molecular complexity index is 779. The number of ether oxygens (including phenoxy) is 2. The third kappa shape index (κ3) is 6.31.